The molecule has 1 N–H and O–H groups in total. The Morgan fingerprint density at radius 2 is 2.38 bits per heavy atom. The van der Waals surface area contributed by atoms with E-state index in [1.54, 1.807) is 0 Å². The van der Waals surface area contributed by atoms with Crippen LogP contribution in [-0.4, -0.2) is 11.5 Å². The van der Waals surface area contributed by atoms with E-state index in [2.05, 4.69) is 10.3 Å². The van der Waals surface area contributed by atoms with E-state index in [0.717, 1.165) is 19.4 Å². The van der Waals surface area contributed by atoms with E-state index in [0.29, 0.717) is 17.0 Å². The topological polar surface area (TPSA) is 38.1 Å². The van der Waals surface area contributed by atoms with Gasteiger partial charge >= 0.3 is 0 Å². The summed E-state index contributed by atoms with van der Waals surface area (Å²) in [7, 11) is 0. The molecule has 0 saturated carbocycles. The zero-order valence-corrected chi connectivity index (χ0v) is 9.22. The minimum atomic E-state index is -0.392. The largest absolute Gasteiger partial charge is 0.437 e. The van der Waals surface area contributed by atoms with Crippen LogP contribution < -0.4 is 5.32 Å². The Kier molecular flexibility index (Phi) is 2.33. The highest BCUT2D eigenvalue weighted by Gasteiger charge is 2.22. The molecular weight excluding hydrogens is 231 g/mol. The lowest BCUT2D eigenvalue weighted by Crippen LogP contribution is -2.12. The molecule has 0 aliphatic carbocycles. The Morgan fingerprint density at radius 1 is 1.50 bits per heavy atom. The number of nitrogens with zero attached hydrogens (tertiary/aromatic N) is 1. The molecule has 1 aromatic carbocycles. The lowest BCUT2D eigenvalue weighted by Gasteiger charge is -2.02. The predicted molar refractivity (Wildman–Crippen MR) is 59.0 cm³/mol. The lowest BCUT2D eigenvalue weighted by molar-refractivity contribution is 0.451. The number of oxazole rings is 1. The molecule has 5 heteroatoms. The molecule has 1 unspecified atom stereocenters. The van der Waals surface area contributed by atoms with E-state index >= 15 is 0 Å². The Morgan fingerprint density at radius 3 is 3.12 bits per heavy atom. The van der Waals surface area contributed by atoms with Crippen LogP contribution in [0.3, 0.4) is 0 Å². The van der Waals surface area contributed by atoms with Gasteiger partial charge < -0.3 is 9.73 Å². The van der Waals surface area contributed by atoms with Crippen LogP contribution in [0.25, 0.3) is 11.1 Å². The first-order valence-electron chi connectivity index (χ1n) is 5.23. The molecule has 84 valence electrons. The third-order valence-electron chi connectivity index (χ3n) is 2.78. The minimum absolute atomic E-state index is 0.131. The van der Waals surface area contributed by atoms with E-state index < -0.39 is 5.82 Å². The van der Waals surface area contributed by atoms with Gasteiger partial charge in [-0.05, 0) is 25.5 Å². The summed E-state index contributed by atoms with van der Waals surface area (Å²) in [6.07, 6.45) is 2.10. The van der Waals surface area contributed by atoms with Crippen molar-refractivity contribution in [2.45, 2.75) is 18.9 Å². The monoisotopic (exact) mass is 240 g/mol. The molecule has 1 aromatic heterocycles. The Hall–Kier alpha value is -1.13. The van der Waals surface area contributed by atoms with Crippen molar-refractivity contribution in [2.24, 2.45) is 0 Å². The van der Waals surface area contributed by atoms with Crippen molar-refractivity contribution in [3.05, 3.63) is 28.9 Å². The molecular formula is C11H10ClFN2O. The summed E-state index contributed by atoms with van der Waals surface area (Å²) in [4.78, 5) is 4.26. The second kappa shape index (κ2) is 3.71. The summed E-state index contributed by atoms with van der Waals surface area (Å²) in [6.45, 7) is 0.964. The maximum Gasteiger partial charge on any atom is 0.212 e. The van der Waals surface area contributed by atoms with Gasteiger partial charge in [0.25, 0.3) is 0 Å². The van der Waals surface area contributed by atoms with Crippen molar-refractivity contribution in [3.8, 4) is 0 Å². The Bertz CT molecular complexity index is 534. The van der Waals surface area contributed by atoms with Gasteiger partial charge in [0.2, 0.25) is 5.89 Å². The van der Waals surface area contributed by atoms with Crippen molar-refractivity contribution >= 4 is 22.7 Å². The van der Waals surface area contributed by atoms with E-state index in [-0.39, 0.29) is 11.1 Å². The molecule has 1 fully saturated rings. The highest BCUT2D eigenvalue weighted by molar-refractivity contribution is 6.34. The van der Waals surface area contributed by atoms with Gasteiger partial charge in [-0.15, -0.1) is 0 Å². The summed E-state index contributed by atoms with van der Waals surface area (Å²) in [6, 6.07) is 2.70. The smallest absolute Gasteiger partial charge is 0.212 e. The number of rotatable bonds is 1. The van der Waals surface area contributed by atoms with Gasteiger partial charge in [-0.3, -0.25) is 0 Å². The standard InChI is InChI=1S/C11H10ClFN2O/c12-7-4-6(13)5-9-10(7)16-11(15-9)8-2-1-3-14-8/h4-5,8,14H,1-3H2. The summed E-state index contributed by atoms with van der Waals surface area (Å²) in [5, 5.41) is 3.54. The zero-order chi connectivity index (χ0) is 11.1. The average molecular weight is 241 g/mol. The Balaban J connectivity index is 2.11. The number of hydrogen-bond donors (Lipinski definition) is 1. The number of benzene rings is 1. The summed E-state index contributed by atoms with van der Waals surface area (Å²) < 4.78 is 18.7. The third kappa shape index (κ3) is 1.58. The SMILES string of the molecule is Fc1cc(Cl)c2oc(C3CCCN3)nc2c1. The molecule has 16 heavy (non-hydrogen) atoms. The molecule has 0 bridgehead atoms. The summed E-state index contributed by atoms with van der Waals surface area (Å²) in [5.41, 5.74) is 0.945. The maximum atomic E-state index is 13.1. The second-order valence-electron chi connectivity index (χ2n) is 3.94. The number of halogens is 2. The van der Waals surface area contributed by atoms with Gasteiger partial charge in [0.15, 0.2) is 5.58 Å². The number of fused-ring (bicyclic) bond motifs is 1. The lowest BCUT2D eigenvalue weighted by atomic mass is 10.2. The predicted octanol–water partition coefficient (Wildman–Crippen LogP) is 3.04. The first kappa shape index (κ1) is 10.1. The molecule has 1 aliphatic rings. The van der Waals surface area contributed by atoms with E-state index in [4.69, 9.17) is 16.0 Å². The first-order chi connectivity index (χ1) is 7.74. The van der Waals surface area contributed by atoms with Crippen LogP contribution in [0.15, 0.2) is 16.5 Å². The fourth-order valence-corrected chi connectivity index (χ4v) is 2.26. The highest BCUT2D eigenvalue weighted by atomic mass is 35.5. The fourth-order valence-electron chi connectivity index (χ4n) is 2.02. The molecule has 0 radical (unpaired) electrons. The van der Waals surface area contributed by atoms with Crippen LogP contribution >= 0.6 is 11.6 Å². The van der Waals surface area contributed by atoms with Gasteiger partial charge in [0.1, 0.15) is 11.3 Å². The van der Waals surface area contributed by atoms with E-state index in [9.17, 15) is 4.39 Å². The molecule has 2 heterocycles. The normalized spacial score (nSPS) is 20.8. The van der Waals surface area contributed by atoms with Crippen LogP contribution in [-0.2, 0) is 0 Å². The van der Waals surface area contributed by atoms with Gasteiger partial charge in [0.05, 0.1) is 11.1 Å². The molecule has 3 rings (SSSR count). The molecule has 1 aliphatic heterocycles. The quantitative estimate of drug-likeness (QED) is 0.833. The van der Waals surface area contributed by atoms with Crippen LogP contribution in [0.2, 0.25) is 5.02 Å². The van der Waals surface area contributed by atoms with Crippen LogP contribution in [0, 0.1) is 5.82 Å². The van der Waals surface area contributed by atoms with E-state index in [1.165, 1.54) is 12.1 Å². The summed E-state index contributed by atoms with van der Waals surface area (Å²) >= 11 is 5.89. The molecule has 1 atom stereocenters. The fraction of sp³-hybridized carbons (Fsp3) is 0.364. The van der Waals surface area contributed by atoms with Gasteiger partial charge in [-0.1, -0.05) is 11.6 Å². The van der Waals surface area contributed by atoms with Crippen molar-refractivity contribution in [1.29, 1.82) is 0 Å². The van der Waals surface area contributed by atoms with Crippen LogP contribution in [0.1, 0.15) is 24.8 Å². The van der Waals surface area contributed by atoms with Crippen LogP contribution in [0.4, 0.5) is 4.39 Å². The maximum absolute atomic E-state index is 13.1. The number of aromatic nitrogens is 1. The van der Waals surface area contributed by atoms with Gasteiger partial charge in [-0.2, -0.15) is 0 Å². The Labute approximate surface area is 96.6 Å². The van der Waals surface area contributed by atoms with Crippen LogP contribution in [0.5, 0.6) is 0 Å². The minimum Gasteiger partial charge on any atom is -0.437 e. The van der Waals surface area contributed by atoms with Crippen molar-refractivity contribution in [1.82, 2.24) is 10.3 Å². The first-order valence-corrected chi connectivity index (χ1v) is 5.61. The van der Waals surface area contributed by atoms with Gasteiger partial charge in [0, 0.05) is 6.07 Å². The van der Waals surface area contributed by atoms with Gasteiger partial charge in [-0.25, -0.2) is 9.37 Å². The molecule has 0 spiro atoms. The number of hydrogen-bond acceptors (Lipinski definition) is 3. The molecule has 3 nitrogen and oxygen atoms in total. The molecule has 1 saturated heterocycles. The van der Waals surface area contributed by atoms with Crippen molar-refractivity contribution in [3.63, 3.8) is 0 Å². The van der Waals surface area contributed by atoms with E-state index in [1.807, 2.05) is 0 Å². The molecule has 0 amide bonds. The third-order valence-corrected chi connectivity index (χ3v) is 3.07. The highest BCUT2D eigenvalue weighted by Crippen LogP contribution is 2.30. The molecule has 2 aromatic rings. The number of nitrogens with one attached hydrogen (secondary N) is 1. The van der Waals surface area contributed by atoms with Crippen molar-refractivity contribution in [2.75, 3.05) is 6.54 Å². The average Bonchev–Trinajstić information content (AvgIpc) is 2.82. The zero-order valence-electron chi connectivity index (χ0n) is 8.46. The summed E-state index contributed by atoms with van der Waals surface area (Å²) in [5.74, 6) is 0.205. The van der Waals surface area contributed by atoms with Crippen molar-refractivity contribution < 1.29 is 8.81 Å². The second-order valence-corrected chi connectivity index (χ2v) is 4.34.